The molecule has 2 aromatic heterocycles. The molecule has 1 aliphatic heterocycles. The molecule has 0 spiro atoms. The third-order valence-electron chi connectivity index (χ3n) is 5.17. The van der Waals surface area contributed by atoms with Crippen LogP contribution in [-0.4, -0.2) is 27.4 Å². The number of anilines is 1. The molecule has 1 atom stereocenters. The zero-order valence-electron chi connectivity index (χ0n) is 15.8. The number of nitrogens with zero attached hydrogens (tertiary/aromatic N) is 3. The van der Waals surface area contributed by atoms with Crippen molar-refractivity contribution < 1.29 is 9.53 Å². The summed E-state index contributed by atoms with van der Waals surface area (Å²) in [5, 5.41) is 8.26. The number of benzene rings is 1. The van der Waals surface area contributed by atoms with Crippen LogP contribution in [0.5, 0.6) is 5.75 Å². The van der Waals surface area contributed by atoms with Crippen LogP contribution in [0.25, 0.3) is 10.9 Å². The highest BCUT2D eigenvalue weighted by Gasteiger charge is 2.32. The van der Waals surface area contributed by atoms with Gasteiger partial charge in [-0.1, -0.05) is 0 Å². The maximum absolute atomic E-state index is 13.1. The molecule has 1 N–H and O–H groups in total. The Morgan fingerprint density at radius 1 is 1.22 bits per heavy atom. The molecule has 0 radical (unpaired) electrons. The molecular formula is C20H22N4O3. The summed E-state index contributed by atoms with van der Waals surface area (Å²) in [7, 11) is 3.34. The Morgan fingerprint density at radius 3 is 2.70 bits per heavy atom. The van der Waals surface area contributed by atoms with E-state index in [1.54, 1.807) is 29.6 Å². The number of carbonyl (C=O) groups excluding carboxylic acids is 1. The molecule has 7 nitrogen and oxygen atoms in total. The van der Waals surface area contributed by atoms with Crippen molar-refractivity contribution in [1.29, 1.82) is 0 Å². The largest absolute Gasteiger partial charge is 0.497 e. The quantitative estimate of drug-likeness (QED) is 0.773. The lowest BCUT2D eigenvalue weighted by molar-refractivity contribution is -0.116. The molecular weight excluding hydrogens is 344 g/mol. The minimum absolute atomic E-state index is 0.105. The van der Waals surface area contributed by atoms with Gasteiger partial charge in [0.15, 0.2) is 0 Å². The molecule has 1 aromatic carbocycles. The van der Waals surface area contributed by atoms with Gasteiger partial charge in [-0.15, -0.1) is 0 Å². The van der Waals surface area contributed by atoms with Crippen LogP contribution in [0, 0.1) is 0 Å². The van der Waals surface area contributed by atoms with E-state index in [0.29, 0.717) is 17.1 Å². The molecule has 0 aliphatic carbocycles. The summed E-state index contributed by atoms with van der Waals surface area (Å²) < 4.78 is 8.67. The van der Waals surface area contributed by atoms with Crippen molar-refractivity contribution in [2.24, 2.45) is 7.05 Å². The van der Waals surface area contributed by atoms with Crippen LogP contribution in [-0.2, 0) is 11.8 Å². The van der Waals surface area contributed by atoms with E-state index in [1.807, 2.05) is 38.1 Å². The maximum atomic E-state index is 13.1. The number of pyridine rings is 1. The molecule has 7 heteroatoms. The number of nitrogens with one attached hydrogen (secondary N) is 1. The van der Waals surface area contributed by atoms with Gasteiger partial charge in [0.25, 0.3) is 5.56 Å². The van der Waals surface area contributed by atoms with Crippen molar-refractivity contribution in [3.8, 4) is 5.75 Å². The van der Waals surface area contributed by atoms with Gasteiger partial charge in [-0.25, -0.2) is 4.68 Å². The molecule has 3 heterocycles. The van der Waals surface area contributed by atoms with E-state index in [0.717, 1.165) is 16.5 Å². The fourth-order valence-electron chi connectivity index (χ4n) is 3.75. The van der Waals surface area contributed by atoms with Crippen LogP contribution in [0.1, 0.15) is 43.4 Å². The van der Waals surface area contributed by atoms with Gasteiger partial charge in [-0.2, -0.15) is 5.10 Å². The highest BCUT2D eigenvalue weighted by atomic mass is 16.5. The number of hydrogen-bond donors (Lipinski definition) is 1. The second-order valence-electron chi connectivity index (χ2n) is 7.18. The molecule has 1 amide bonds. The number of rotatable bonds is 3. The van der Waals surface area contributed by atoms with Crippen molar-refractivity contribution in [1.82, 2.24) is 14.3 Å². The molecule has 0 fully saturated rings. The maximum Gasteiger partial charge on any atom is 0.254 e. The lowest BCUT2D eigenvalue weighted by atomic mass is 9.87. The number of ether oxygens (including phenoxy) is 1. The third kappa shape index (κ3) is 2.70. The van der Waals surface area contributed by atoms with Gasteiger partial charge in [-0.3, -0.25) is 9.59 Å². The van der Waals surface area contributed by atoms with Crippen molar-refractivity contribution in [2.75, 3.05) is 12.4 Å². The van der Waals surface area contributed by atoms with Crippen molar-refractivity contribution in [3.05, 3.63) is 51.9 Å². The van der Waals surface area contributed by atoms with E-state index in [2.05, 4.69) is 10.4 Å². The Kier molecular flexibility index (Phi) is 4.02. The average Bonchev–Trinajstić information content (AvgIpc) is 3.07. The Labute approximate surface area is 156 Å². The summed E-state index contributed by atoms with van der Waals surface area (Å²) in [6.07, 6.45) is 1.99. The normalized spacial score (nSPS) is 16.5. The van der Waals surface area contributed by atoms with Crippen LogP contribution in [0.15, 0.2) is 35.3 Å². The highest BCUT2D eigenvalue weighted by molar-refractivity contribution is 5.94. The molecule has 4 rings (SSSR count). The summed E-state index contributed by atoms with van der Waals surface area (Å²) in [5.41, 5.74) is 2.17. The standard InChI is InChI=1S/C20H22N4O3/c1-11(2)24-19-16(10-21-24)14(9-18(25)22-19)15-7-12-5-6-13(27-4)8-17(12)23(3)20(15)26/h5-8,10-11,14H,9H2,1-4H3,(H,22,25)/t14-/m1/s1. The molecule has 1 aliphatic rings. The number of methoxy groups -OCH3 is 1. The van der Waals surface area contributed by atoms with Crippen LogP contribution < -0.4 is 15.6 Å². The number of aromatic nitrogens is 3. The van der Waals surface area contributed by atoms with Crippen LogP contribution in [0.2, 0.25) is 0 Å². The summed E-state index contributed by atoms with van der Waals surface area (Å²) in [6, 6.07) is 7.64. The predicted molar refractivity (Wildman–Crippen MR) is 103 cm³/mol. The first kappa shape index (κ1) is 17.3. The van der Waals surface area contributed by atoms with E-state index in [9.17, 15) is 9.59 Å². The molecule has 0 unspecified atom stereocenters. The van der Waals surface area contributed by atoms with Crippen molar-refractivity contribution >= 4 is 22.6 Å². The van der Waals surface area contributed by atoms with Gasteiger partial charge in [0.05, 0.1) is 18.8 Å². The number of aryl methyl sites for hydroxylation is 1. The SMILES string of the molecule is COc1ccc2cc([C@H]3CC(=O)Nc4c3cnn4C(C)C)c(=O)n(C)c2c1. The Hall–Kier alpha value is -3.09. The molecule has 0 saturated carbocycles. The monoisotopic (exact) mass is 366 g/mol. The van der Waals surface area contributed by atoms with Gasteiger partial charge >= 0.3 is 0 Å². The Balaban J connectivity index is 1.92. The summed E-state index contributed by atoms with van der Waals surface area (Å²) >= 11 is 0. The Bertz CT molecular complexity index is 1110. The lowest BCUT2D eigenvalue weighted by Gasteiger charge is -2.25. The summed E-state index contributed by atoms with van der Waals surface area (Å²) in [6.45, 7) is 4.01. The first-order valence-electron chi connectivity index (χ1n) is 8.95. The van der Waals surface area contributed by atoms with E-state index < -0.39 is 0 Å². The molecule has 0 bridgehead atoms. The first-order valence-corrected chi connectivity index (χ1v) is 8.95. The van der Waals surface area contributed by atoms with E-state index in [-0.39, 0.29) is 29.8 Å². The van der Waals surface area contributed by atoms with Crippen LogP contribution >= 0.6 is 0 Å². The highest BCUT2D eigenvalue weighted by Crippen LogP contribution is 2.37. The zero-order valence-corrected chi connectivity index (χ0v) is 15.8. The second-order valence-corrected chi connectivity index (χ2v) is 7.18. The van der Waals surface area contributed by atoms with Gasteiger partial charge < -0.3 is 14.6 Å². The summed E-state index contributed by atoms with van der Waals surface area (Å²) in [4.78, 5) is 25.5. The molecule has 140 valence electrons. The van der Waals surface area contributed by atoms with Crippen LogP contribution in [0.3, 0.4) is 0 Å². The zero-order chi connectivity index (χ0) is 19.3. The van der Waals surface area contributed by atoms with E-state index >= 15 is 0 Å². The van der Waals surface area contributed by atoms with Gasteiger partial charge in [0, 0.05) is 42.6 Å². The summed E-state index contributed by atoms with van der Waals surface area (Å²) in [5.74, 6) is 0.962. The molecule has 3 aromatic rings. The molecule has 0 saturated heterocycles. The van der Waals surface area contributed by atoms with Gasteiger partial charge in [0.1, 0.15) is 11.6 Å². The lowest BCUT2D eigenvalue weighted by Crippen LogP contribution is -2.30. The number of carbonyl (C=O) groups is 1. The number of fused-ring (bicyclic) bond motifs is 2. The van der Waals surface area contributed by atoms with Crippen molar-refractivity contribution in [3.63, 3.8) is 0 Å². The topological polar surface area (TPSA) is 78.2 Å². The van der Waals surface area contributed by atoms with Crippen molar-refractivity contribution in [2.45, 2.75) is 32.2 Å². The number of hydrogen-bond acceptors (Lipinski definition) is 4. The number of amides is 1. The smallest absolute Gasteiger partial charge is 0.254 e. The predicted octanol–water partition coefficient (Wildman–Crippen LogP) is 2.80. The third-order valence-corrected chi connectivity index (χ3v) is 5.17. The van der Waals surface area contributed by atoms with E-state index in [1.165, 1.54) is 0 Å². The fourth-order valence-corrected chi connectivity index (χ4v) is 3.75. The first-order chi connectivity index (χ1) is 12.9. The van der Waals surface area contributed by atoms with Crippen LogP contribution in [0.4, 0.5) is 5.82 Å². The fraction of sp³-hybridized carbons (Fsp3) is 0.350. The minimum Gasteiger partial charge on any atom is -0.497 e. The van der Waals surface area contributed by atoms with E-state index in [4.69, 9.17) is 4.74 Å². The van der Waals surface area contributed by atoms with Gasteiger partial charge in [0.2, 0.25) is 5.91 Å². The average molecular weight is 366 g/mol. The Morgan fingerprint density at radius 2 is 2.00 bits per heavy atom. The molecule has 27 heavy (non-hydrogen) atoms. The van der Waals surface area contributed by atoms with Gasteiger partial charge in [-0.05, 0) is 37.4 Å². The second kappa shape index (κ2) is 6.26. The minimum atomic E-state index is -0.313.